The van der Waals surface area contributed by atoms with Crippen LogP contribution >= 0.6 is 11.8 Å². The topological polar surface area (TPSA) is 115 Å². The Morgan fingerprint density at radius 3 is 2.84 bits per heavy atom. The van der Waals surface area contributed by atoms with Crippen LogP contribution in [0.1, 0.15) is 11.4 Å². The lowest BCUT2D eigenvalue weighted by molar-refractivity contribution is -0.114. The fraction of sp³-hybridized carbons (Fsp3) is 0.136. The van der Waals surface area contributed by atoms with Gasteiger partial charge in [-0.25, -0.2) is 0 Å². The highest BCUT2D eigenvalue weighted by atomic mass is 32.2. The molecule has 0 fully saturated rings. The third-order valence-corrected chi connectivity index (χ3v) is 5.76. The van der Waals surface area contributed by atoms with Crippen molar-refractivity contribution in [3.63, 3.8) is 0 Å². The predicted molar refractivity (Wildman–Crippen MR) is 122 cm³/mol. The van der Waals surface area contributed by atoms with E-state index in [2.05, 4.69) is 36.7 Å². The molecule has 0 saturated carbocycles. The number of rotatable bonds is 6. The highest BCUT2D eigenvalue weighted by Gasteiger charge is 2.20. The zero-order valence-electron chi connectivity index (χ0n) is 17.4. The van der Waals surface area contributed by atoms with Gasteiger partial charge in [-0.15, -0.1) is 10.2 Å². The van der Waals surface area contributed by atoms with E-state index in [4.69, 9.17) is 4.52 Å². The summed E-state index contributed by atoms with van der Waals surface area (Å²) in [5.41, 5.74) is 3.99. The predicted octanol–water partition coefficient (Wildman–Crippen LogP) is 4.15. The maximum atomic E-state index is 12.4. The summed E-state index contributed by atoms with van der Waals surface area (Å²) < 4.78 is 6.92. The molecule has 0 aliphatic heterocycles. The number of amides is 1. The van der Waals surface area contributed by atoms with E-state index in [1.807, 2.05) is 60.2 Å². The van der Waals surface area contributed by atoms with Crippen molar-refractivity contribution in [3.05, 3.63) is 66.1 Å². The van der Waals surface area contributed by atoms with Gasteiger partial charge >= 0.3 is 6.01 Å². The van der Waals surface area contributed by atoms with Gasteiger partial charge in [0.25, 0.3) is 0 Å². The number of nitrogens with zero attached hydrogens (tertiary/aromatic N) is 5. The number of nitrogens with one attached hydrogen (secondary N) is 2. The minimum atomic E-state index is -0.272. The molecular formula is C22H19N7O2S. The summed E-state index contributed by atoms with van der Waals surface area (Å²) in [5, 5.41) is 16.8. The molecule has 2 N–H and O–H groups in total. The number of para-hydroxylation sites is 1. The molecule has 32 heavy (non-hydrogen) atoms. The third kappa shape index (κ3) is 3.87. The zero-order valence-corrected chi connectivity index (χ0v) is 18.2. The molecule has 5 rings (SSSR count). The van der Waals surface area contributed by atoms with Crippen LogP contribution in [0.15, 0.2) is 64.4 Å². The summed E-state index contributed by atoms with van der Waals surface area (Å²) in [6, 6.07) is 16.2. The number of aromatic amines is 1. The molecule has 2 aromatic carbocycles. The molecule has 0 atom stereocenters. The molecule has 0 unspecified atom stereocenters. The zero-order chi connectivity index (χ0) is 22.1. The van der Waals surface area contributed by atoms with Gasteiger partial charge in [0.15, 0.2) is 16.8 Å². The van der Waals surface area contributed by atoms with E-state index in [-0.39, 0.29) is 17.7 Å². The number of hydrogen-bond acceptors (Lipinski definition) is 7. The Hall–Kier alpha value is -3.92. The summed E-state index contributed by atoms with van der Waals surface area (Å²) >= 11 is 1.28. The average Bonchev–Trinajstić information content (AvgIpc) is 3.50. The van der Waals surface area contributed by atoms with Crippen LogP contribution in [0.5, 0.6) is 0 Å². The molecule has 0 saturated heterocycles. The van der Waals surface area contributed by atoms with Crippen LogP contribution in [0, 0.1) is 13.8 Å². The van der Waals surface area contributed by atoms with Crippen molar-refractivity contribution >= 4 is 34.6 Å². The van der Waals surface area contributed by atoms with Crippen molar-refractivity contribution in [2.24, 2.45) is 0 Å². The largest absolute Gasteiger partial charge is 0.360 e. The molecule has 0 spiro atoms. The Balaban J connectivity index is 1.49. The normalized spacial score (nSPS) is 11.2. The summed E-state index contributed by atoms with van der Waals surface area (Å²) in [5.74, 6) is 0.990. The number of carbonyl (C=O) groups excluding carboxylic acids is 1. The second kappa shape index (κ2) is 8.31. The Bertz CT molecular complexity index is 1420. The fourth-order valence-corrected chi connectivity index (χ4v) is 4.18. The molecule has 0 radical (unpaired) electrons. The number of aryl methyl sites for hydroxylation is 2. The highest BCUT2D eigenvalue weighted by Crippen LogP contribution is 2.32. The number of anilines is 1. The van der Waals surface area contributed by atoms with Gasteiger partial charge in [0.1, 0.15) is 0 Å². The van der Waals surface area contributed by atoms with E-state index in [0.29, 0.717) is 16.8 Å². The van der Waals surface area contributed by atoms with Gasteiger partial charge in [-0.1, -0.05) is 47.3 Å². The monoisotopic (exact) mass is 445 g/mol. The van der Waals surface area contributed by atoms with Crippen LogP contribution in [0.4, 0.5) is 6.01 Å². The van der Waals surface area contributed by atoms with Crippen LogP contribution in [-0.4, -0.2) is 41.5 Å². The number of fused-ring (bicyclic) bond motifs is 1. The molecule has 0 aliphatic carbocycles. The number of H-pyrrole nitrogens is 1. The van der Waals surface area contributed by atoms with Crippen LogP contribution in [0.3, 0.4) is 0 Å². The van der Waals surface area contributed by atoms with Crippen LogP contribution < -0.4 is 5.32 Å². The van der Waals surface area contributed by atoms with E-state index in [9.17, 15) is 4.79 Å². The van der Waals surface area contributed by atoms with Gasteiger partial charge in [-0.05, 0) is 37.6 Å². The molecular weight excluding hydrogens is 426 g/mol. The standard InChI is InChI=1S/C22H19N7O2S/c1-13-6-5-7-15(10-13)29-20(17-11-23-18-9-4-3-8-16(17)18)26-27-22(29)32-12-19(30)25-21-24-14(2)28-31-21/h3-11,23H,12H2,1-2H3,(H,24,25,28,30). The van der Waals surface area contributed by atoms with Gasteiger partial charge in [-0.3, -0.25) is 14.7 Å². The molecule has 3 heterocycles. The minimum absolute atomic E-state index is 0.0766. The lowest BCUT2D eigenvalue weighted by Gasteiger charge is -2.10. The van der Waals surface area contributed by atoms with Crippen molar-refractivity contribution in [1.29, 1.82) is 0 Å². The second-order valence-corrected chi connectivity index (χ2v) is 8.15. The molecule has 5 aromatic rings. The van der Waals surface area contributed by atoms with E-state index < -0.39 is 0 Å². The van der Waals surface area contributed by atoms with Gasteiger partial charge in [0.2, 0.25) is 5.91 Å². The first kappa shape index (κ1) is 20.0. The van der Waals surface area contributed by atoms with E-state index in [0.717, 1.165) is 27.7 Å². The molecule has 1 amide bonds. The number of thioether (sulfide) groups is 1. The molecule has 0 bridgehead atoms. The molecule has 0 aliphatic rings. The Kier molecular flexibility index (Phi) is 5.20. The Morgan fingerprint density at radius 2 is 2.03 bits per heavy atom. The number of hydrogen-bond donors (Lipinski definition) is 2. The van der Waals surface area contributed by atoms with Gasteiger partial charge in [0, 0.05) is 28.4 Å². The quantitative estimate of drug-likeness (QED) is 0.377. The minimum Gasteiger partial charge on any atom is -0.360 e. The van der Waals surface area contributed by atoms with Crippen LogP contribution in [0.25, 0.3) is 28.0 Å². The lowest BCUT2D eigenvalue weighted by atomic mass is 10.1. The first-order valence-electron chi connectivity index (χ1n) is 9.90. The lowest BCUT2D eigenvalue weighted by Crippen LogP contribution is -2.14. The molecule has 3 aromatic heterocycles. The molecule has 9 nitrogen and oxygen atoms in total. The van der Waals surface area contributed by atoms with E-state index >= 15 is 0 Å². The van der Waals surface area contributed by atoms with Crippen LogP contribution in [-0.2, 0) is 4.79 Å². The summed E-state index contributed by atoms with van der Waals surface area (Å²) in [4.78, 5) is 19.7. The maximum absolute atomic E-state index is 12.4. The SMILES string of the molecule is Cc1cccc(-n2c(SCC(=O)Nc3nc(C)no3)nnc2-c2c[nH]c3ccccc23)c1. The number of carbonyl (C=O) groups is 1. The number of aromatic nitrogens is 6. The fourth-order valence-electron chi connectivity index (χ4n) is 3.43. The van der Waals surface area contributed by atoms with Gasteiger partial charge in [-0.2, -0.15) is 4.98 Å². The summed E-state index contributed by atoms with van der Waals surface area (Å²) in [7, 11) is 0. The van der Waals surface area contributed by atoms with Crippen molar-refractivity contribution in [1.82, 2.24) is 29.9 Å². The van der Waals surface area contributed by atoms with Gasteiger partial charge in [0.05, 0.1) is 5.75 Å². The van der Waals surface area contributed by atoms with Gasteiger partial charge < -0.3 is 9.51 Å². The third-order valence-electron chi connectivity index (χ3n) is 4.83. The van der Waals surface area contributed by atoms with Crippen molar-refractivity contribution in [2.75, 3.05) is 11.1 Å². The van der Waals surface area contributed by atoms with E-state index in [1.165, 1.54) is 11.8 Å². The molecule has 10 heteroatoms. The number of benzene rings is 2. The maximum Gasteiger partial charge on any atom is 0.328 e. The Labute approximate surface area is 187 Å². The smallest absolute Gasteiger partial charge is 0.328 e. The summed E-state index contributed by atoms with van der Waals surface area (Å²) in [6.07, 6.45) is 1.93. The first-order chi connectivity index (χ1) is 15.6. The Morgan fingerprint density at radius 1 is 1.16 bits per heavy atom. The van der Waals surface area contributed by atoms with E-state index in [1.54, 1.807) is 6.92 Å². The second-order valence-electron chi connectivity index (χ2n) is 7.21. The van der Waals surface area contributed by atoms with Crippen molar-refractivity contribution in [3.8, 4) is 17.1 Å². The first-order valence-corrected chi connectivity index (χ1v) is 10.9. The van der Waals surface area contributed by atoms with Crippen molar-refractivity contribution in [2.45, 2.75) is 19.0 Å². The summed E-state index contributed by atoms with van der Waals surface area (Å²) in [6.45, 7) is 3.72. The van der Waals surface area contributed by atoms with Crippen LogP contribution in [0.2, 0.25) is 0 Å². The van der Waals surface area contributed by atoms with Crippen molar-refractivity contribution < 1.29 is 9.32 Å². The highest BCUT2D eigenvalue weighted by molar-refractivity contribution is 7.99. The molecule has 160 valence electrons. The average molecular weight is 446 g/mol.